The first-order valence-electron chi connectivity index (χ1n) is 7.86. The van der Waals surface area contributed by atoms with E-state index in [-0.39, 0.29) is 11.4 Å². The van der Waals surface area contributed by atoms with Crippen molar-refractivity contribution in [3.05, 3.63) is 72.2 Å². The van der Waals surface area contributed by atoms with Crippen LogP contribution < -0.4 is 5.32 Å². The predicted molar refractivity (Wildman–Crippen MR) is 98.7 cm³/mol. The largest absolute Gasteiger partial charge is 0.465 e. The van der Waals surface area contributed by atoms with Gasteiger partial charge in [-0.05, 0) is 25.2 Å². The van der Waals surface area contributed by atoms with E-state index in [0.29, 0.717) is 17.0 Å². The van der Waals surface area contributed by atoms with Crippen LogP contribution in [0.1, 0.15) is 34.6 Å². The number of carbonyl (C=O) groups is 1. The molecule has 0 heterocycles. The monoisotopic (exact) mass is 315 g/mol. The van der Waals surface area contributed by atoms with Crippen LogP contribution in [-0.2, 0) is 9.53 Å². The molecule has 0 saturated heterocycles. The molecule has 0 fully saturated rings. The molecular weight excluding hydrogens is 286 g/mol. The minimum Gasteiger partial charge on any atom is -0.465 e. The quantitative estimate of drug-likeness (QED) is 0.583. The lowest BCUT2D eigenvalue weighted by atomic mass is 9.93. The molecule has 1 aliphatic rings. The Kier molecular flexibility index (Phi) is 9.40. The third-order valence-electron chi connectivity index (χ3n) is 2.95. The van der Waals surface area contributed by atoms with Gasteiger partial charge in [-0.1, -0.05) is 64.7 Å². The maximum Gasteiger partial charge on any atom is 0.339 e. The van der Waals surface area contributed by atoms with Crippen molar-refractivity contribution < 1.29 is 9.53 Å². The molecule has 0 aliphatic heterocycles. The molecule has 3 nitrogen and oxygen atoms in total. The highest BCUT2D eigenvalue weighted by molar-refractivity contribution is 5.93. The van der Waals surface area contributed by atoms with E-state index in [1.807, 2.05) is 63.3 Å². The van der Waals surface area contributed by atoms with E-state index in [4.69, 9.17) is 4.74 Å². The van der Waals surface area contributed by atoms with E-state index >= 15 is 0 Å². The van der Waals surface area contributed by atoms with Crippen molar-refractivity contribution in [2.24, 2.45) is 5.41 Å². The van der Waals surface area contributed by atoms with Crippen LogP contribution in [-0.4, -0.2) is 13.1 Å². The summed E-state index contributed by atoms with van der Waals surface area (Å²) in [4.78, 5) is 11.9. The molecule has 0 spiro atoms. The van der Waals surface area contributed by atoms with E-state index in [1.54, 1.807) is 6.08 Å². The number of allylic oxidation sites excluding steroid dienone is 7. The van der Waals surface area contributed by atoms with Gasteiger partial charge in [-0.25, -0.2) is 4.79 Å². The molecule has 1 aliphatic carbocycles. The van der Waals surface area contributed by atoms with Gasteiger partial charge in [-0.3, -0.25) is 0 Å². The molecule has 3 heteroatoms. The summed E-state index contributed by atoms with van der Waals surface area (Å²) in [7, 11) is 1.38. The summed E-state index contributed by atoms with van der Waals surface area (Å²) in [6.45, 7) is 14.0. The number of hydrogen-bond acceptors (Lipinski definition) is 3. The van der Waals surface area contributed by atoms with E-state index < -0.39 is 0 Å². The maximum atomic E-state index is 11.9. The molecule has 0 aromatic rings. The van der Waals surface area contributed by atoms with Crippen molar-refractivity contribution in [3.63, 3.8) is 0 Å². The van der Waals surface area contributed by atoms with Crippen molar-refractivity contribution in [2.45, 2.75) is 34.6 Å². The summed E-state index contributed by atoms with van der Waals surface area (Å²) in [6, 6.07) is 0. The van der Waals surface area contributed by atoms with E-state index in [2.05, 4.69) is 25.7 Å². The van der Waals surface area contributed by atoms with Crippen molar-refractivity contribution in [2.75, 3.05) is 7.11 Å². The van der Waals surface area contributed by atoms with Crippen LogP contribution >= 0.6 is 0 Å². The second-order valence-corrected chi connectivity index (χ2v) is 5.34. The van der Waals surface area contributed by atoms with Gasteiger partial charge in [0.05, 0.1) is 18.4 Å². The lowest BCUT2D eigenvalue weighted by molar-refractivity contribution is -0.135. The average molecular weight is 315 g/mol. The Morgan fingerprint density at radius 3 is 2.39 bits per heavy atom. The Balaban J connectivity index is 0.00000232. The zero-order valence-corrected chi connectivity index (χ0v) is 15.1. The van der Waals surface area contributed by atoms with Gasteiger partial charge in [-0.15, -0.1) is 0 Å². The highest BCUT2D eigenvalue weighted by Crippen LogP contribution is 2.25. The molecule has 0 saturated carbocycles. The highest BCUT2D eigenvalue weighted by Gasteiger charge is 2.18. The number of carbonyl (C=O) groups excluding carboxylic acids is 1. The number of esters is 1. The maximum absolute atomic E-state index is 11.9. The van der Waals surface area contributed by atoms with Crippen molar-refractivity contribution in [3.8, 4) is 0 Å². The molecular formula is C20H29NO2. The second-order valence-electron chi connectivity index (χ2n) is 5.34. The van der Waals surface area contributed by atoms with Crippen LogP contribution in [0.5, 0.6) is 0 Å². The van der Waals surface area contributed by atoms with Crippen LogP contribution in [0.4, 0.5) is 0 Å². The van der Waals surface area contributed by atoms with Gasteiger partial charge in [-0.2, -0.15) is 0 Å². The molecule has 0 aromatic heterocycles. The van der Waals surface area contributed by atoms with Gasteiger partial charge in [0, 0.05) is 11.1 Å². The zero-order valence-electron chi connectivity index (χ0n) is 15.1. The molecule has 0 unspecified atom stereocenters. The SMILES string of the molecule is C=C(/C=C\C=C/C)NC1=C(C(=O)OC)C=CC(C)(C)C=C1.CC. The fraction of sp³-hybridized carbons (Fsp3) is 0.350. The Morgan fingerprint density at radius 1 is 1.22 bits per heavy atom. The third-order valence-corrected chi connectivity index (χ3v) is 2.95. The van der Waals surface area contributed by atoms with E-state index in [0.717, 1.165) is 0 Å². The minimum absolute atomic E-state index is 0.120. The van der Waals surface area contributed by atoms with Crippen LogP contribution in [0.3, 0.4) is 0 Å². The molecule has 0 atom stereocenters. The minimum atomic E-state index is -0.374. The summed E-state index contributed by atoms with van der Waals surface area (Å²) in [6.07, 6.45) is 15.3. The summed E-state index contributed by atoms with van der Waals surface area (Å²) in [5.41, 5.74) is 1.74. The Morgan fingerprint density at radius 2 is 1.83 bits per heavy atom. The molecule has 0 radical (unpaired) electrons. The van der Waals surface area contributed by atoms with Crippen LogP contribution in [0.2, 0.25) is 0 Å². The van der Waals surface area contributed by atoms with Gasteiger partial charge < -0.3 is 10.1 Å². The fourth-order valence-corrected chi connectivity index (χ4v) is 1.73. The molecule has 1 rings (SSSR count). The number of rotatable bonds is 5. The van der Waals surface area contributed by atoms with E-state index in [1.165, 1.54) is 7.11 Å². The first-order chi connectivity index (χ1) is 10.9. The van der Waals surface area contributed by atoms with Crippen molar-refractivity contribution >= 4 is 5.97 Å². The normalized spacial score (nSPS) is 16.1. The summed E-state index contributed by atoms with van der Waals surface area (Å²) >= 11 is 0. The predicted octanol–water partition coefficient (Wildman–Crippen LogP) is 4.83. The molecule has 0 amide bonds. The number of methoxy groups -OCH3 is 1. The number of hydrogen-bond donors (Lipinski definition) is 1. The standard InChI is InChI=1S/C18H23NO2.C2H6/c1-6-7-8-9-14(2)19-16-11-13-18(3,4)12-10-15(16)17(20)21-5;1-2/h6-13,19H,2H2,1,3-5H3;1-2H3/b7-6-,9-8-;. The van der Waals surface area contributed by atoms with Gasteiger partial charge in [0.25, 0.3) is 0 Å². The lowest BCUT2D eigenvalue weighted by Gasteiger charge is -2.12. The van der Waals surface area contributed by atoms with Gasteiger partial charge in [0.1, 0.15) is 0 Å². The fourth-order valence-electron chi connectivity index (χ4n) is 1.73. The van der Waals surface area contributed by atoms with Crippen LogP contribution in [0.25, 0.3) is 0 Å². The first-order valence-corrected chi connectivity index (χ1v) is 7.86. The topological polar surface area (TPSA) is 38.3 Å². The summed E-state index contributed by atoms with van der Waals surface area (Å²) in [5.74, 6) is -0.374. The lowest BCUT2D eigenvalue weighted by Crippen LogP contribution is -2.15. The van der Waals surface area contributed by atoms with Crippen molar-refractivity contribution in [1.29, 1.82) is 0 Å². The van der Waals surface area contributed by atoms with Gasteiger partial charge in [0.15, 0.2) is 0 Å². The Labute approximate surface area is 140 Å². The van der Waals surface area contributed by atoms with Crippen LogP contribution in [0.15, 0.2) is 72.2 Å². The van der Waals surface area contributed by atoms with Gasteiger partial charge in [0.2, 0.25) is 0 Å². The Hall–Kier alpha value is -2.29. The highest BCUT2D eigenvalue weighted by atomic mass is 16.5. The molecule has 0 bridgehead atoms. The summed E-state index contributed by atoms with van der Waals surface area (Å²) in [5, 5.41) is 3.15. The van der Waals surface area contributed by atoms with Gasteiger partial charge >= 0.3 is 5.97 Å². The Bertz CT molecular complexity index is 558. The van der Waals surface area contributed by atoms with Crippen LogP contribution in [0, 0.1) is 5.41 Å². The number of ether oxygens (including phenoxy) is 1. The summed E-state index contributed by atoms with van der Waals surface area (Å²) < 4.78 is 4.84. The smallest absolute Gasteiger partial charge is 0.339 e. The average Bonchev–Trinajstić information content (AvgIpc) is 2.68. The molecule has 1 N–H and O–H groups in total. The van der Waals surface area contributed by atoms with E-state index in [9.17, 15) is 4.79 Å². The molecule has 23 heavy (non-hydrogen) atoms. The molecule has 0 aromatic carbocycles. The molecule has 126 valence electrons. The second kappa shape index (κ2) is 10.4. The number of nitrogens with one attached hydrogen (secondary N) is 1. The zero-order chi connectivity index (χ0) is 17.9. The van der Waals surface area contributed by atoms with Crippen molar-refractivity contribution in [1.82, 2.24) is 5.32 Å². The third kappa shape index (κ3) is 7.50. The first kappa shape index (κ1) is 20.7.